The van der Waals surface area contributed by atoms with Gasteiger partial charge in [-0.05, 0) is 66.3 Å². The number of rotatable bonds is 7. The normalized spacial score (nSPS) is 15.6. The van der Waals surface area contributed by atoms with Crippen LogP contribution in [0.2, 0.25) is 0 Å². The molecule has 1 atom stereocenters. The SMILES string of the molecule is COc1ccc(CN2C(=S)N(c3ccccc3)C(=O)[C@H]2CC(=O)Nc2ccc(Br)cc2)cc1. The largest absolute Gasteiger partial charge is 0.497 e. The van der Waals surface area contributed by atoms with E-state index in [1.807, 2.05) is 71.6 Å². The van der Waals surface area contributed by atoms with E-state index in [0.717, 1.165) is 15.8 Å². The van der Waals surface area contributed by atoms with Gasteiger partial charge in [-0.1, -0.05) is 46.3 Å². The second-order valence-electron chi connectivity index (χ2n) is 7.54. The van der Waals surface area contributed by atoms with Crippen LogP contribution in [0.1, 0.15) is 12.0 Å². The van der Waals surface area contributed by atoms with Crippen molar-refractivity contribution in [2.45, 2.75) is 19.0 Å². The smallest absolute Gasteiger partial charge is 0.256 e. The Kier molecular flexibility index (Phi) is 7.05. The van der Waals surface area contributed by atoms with Crippen molar-refractivity contribution >= 4 is 56.4 Å². The van der Waals surface area contributed by atoms with Crippen molar-refractivity contribution < 1.29 is 14.3 Å². The van der Waals surface area contributed by atoms with Crippen LogP contribution in [0, 0.1) is 0 Å². The lowest BCUT2D eigenvalue weighted by molar-refractivity contribution is -0.124. The van der Waals surface area contributed by atoms with Crippen molar-refractivity contribution in [2.24, 2.45) is 0 Å². The molecule has 1 heterocycles. The molecule has 0 aliphatic carbocycles. The third-order valence-corrected chi connectivity index (χ3v) is 6.30. The van der Waals surface area contributed by atoms with Crippen molar-refractivity contribution in [3.05, 3.63) is 88.9 Å². The maximum Gasteiger partial charge on any atom is 0.256 e. The molecule has 8 heteroatoms. The molecule has 0 spiro atoms. The molecule has 168 valence electrons. The summed E-state index contributed by atoms with van der Waals surface area (Å²) in [5.74, 6) is 0.272. The van der Waals surface area contributed by atoms with E-state index in [4.69, 9.17) is 17.0 Å². The summed E-state index contributed by atoms with van der Waals surface area (Å²) in [5, 5.41) is 3.25. The number of halogens is 1. The Morgan fingerprint density at radius 1 is 1.03 bits per heavy atom. The third kappa shape index (κ3) is 5.23. The van der Waals surface area contributed by atoms with Gasteiger partial charge in [0.05, 0.1) is 19.2 Å². The van der Waals surface area contributed by atoms with Crippen molar-refractivity contribution in [1.29, 1.82) is 0 Å². The summed E-state index contributed by atoms with van der Waals surface area (Å²) in [5.41, 5.74) is 2.31. The number of nitrogens with one attached hydrogen (secondary N) is 1. The Morgan fingerprint density at radius 2 is 1.70 bits per heavy atom. The molecule has 1 fully saturated rings. The van der Waals surface area contributed by atoms with Crippen LogP contribution >= 0.6 is 28.1 Å². The van der Waals surface area contributed by atoms with Crippen LogP contribution in [0.15, 0.2) is 83.3 Å². The number of para-hydroxylation sites is 1. The van der Waals surface area contributed by atoms with Crippen LogP contribution in [0.3, 0.4) is 0 Å². The van der Waals surface area contributed by atoms with E-state index < -0.39 is 6.04 Å². The van der Waals surface area contributed by atoms with Crippen LogP contribution < -0.4 is 15.0 Å². The summed E-state index contributed by atoms with van der Waals surface area (Å²) in [6, 6.07) is 23.4. The summed E-state index contributed by atoms with van der Waals surface area (Å²) < 4.78 is 6.15. The number of amides is 2. The molecular weight excluding hydrogens is 502 g/mol. The minimum absolute atomic E-state index is 0.0193. The van der Waals surface area contributed by atoms with E-state index in [9.17, 15) is 9.59 Å². The number of anilines is 2. The Hall–Kier alpha value is -3.23. The molecule has 3 aromatic carbocycles. The van der Waals surface area contributed by atoms with E-state index in [0.29, 0.717) is 23.0 Å². The molecule has 0 radical (unpaired) electrons. The highest BCUT2D eigenvalue weighted by Crippen LogP contribution is 2.29. The number of nitrogens with zero attached hydrogens (tertiary/aromatic N) is 2. The molecular formula is C25H22BrN3O3S. The molecule has 4 rings (SSSR count). The summed E-state index contributed by atoms with van der Waals surface area (Å²) in [4.78, 5) is 29.6. The molecule has 0 saturated carbocycles. The topological polar surface area (TPSA) is 61.9 Å². The second kappa shape index (κ2) is 10.1. The van der Waals surface area contributed by atoms with Crippen molar-refractivity contribution in [1.82, 2.24) is 4.90 Å². The lowest BCUT2D eigenvalue weighted by atomic mass is 10.1. The van der Waals surface area contributed by atoms with Gasteiger partial charge in [-0.25, -0.2) is 0 Å². The highest BCUT2D eigenvalue weighted by atomic mass is 79.9. The van der Waals surface area contributed by atoms with E-state index in [2.05, 4.69) is 21.2 Å². The van der Waals surface area contributed by atoms with Gasteiger partial charge in [-0.15, -0.1) is 0 Å². The number of carbonyl (C=O) groups excluding carboxylic acids is 2. The average molecular weight is 524 g/mol. The first-order valence-electron chi connectivity index (χ1n) is 10.3. The van der Waals surface area contributed by atoms with E-state index in [-0.39, 0.29) is 18.2 Å². The van der Waals surface area contributed by atoms with Gasteiger partial charge in [0.1, 0.15) is 11.8 Å². The van der Waals surface area contributed by atoms with Crippen LogP contribution in [-0.4, -0.2) is 35.0 Å². The summed E-state index contributed by atoms with van der Waals surface area (Å²) in [6.07, 6.45) is -0.0193. The molecule has 6 nitrogen and oxygen atoms in total. The number of benzene rings is 3. The minimum atomic E-state index is -0.713. The zero-order valence-corrected chi connectivity index (χ0v) is 20.3. The van der Waals surface area contributed by atoms with Gasteiger partial charge in [0.2, 0.25) is 5.91 Å². The molecule has 1 aliphatic rings. The highest BCUT2D eigenvalue weighted by Gasteiger charge is 2.44. The van der Waals surface area contributed by atoms with Crippen LogP contribution in [0.5, 0.6) is 5.75 Å². The van der Waals surface area contributed by atoms with Gasteiger partial charge in [0.15, 0.2) is 5.11 Å². The Morgan fingerprint density at radius 3 is 2.33 bits per heavy atom. The first-order valence-corrected chi connectivity index (χ1v) is 11.5. The number of hydrogen-bond donors (Lipinski definition) is 1. The molecule has 33 heavy (non-hydrogen) atoms. The lowest BCUT2D eigenvalue weighted by Crippen LogP contribution is -2.37. The maximum atomic E-state index is 13.4. The summed E-state index contributed by atoms with van der Waals surface area (Å²) in [7, 11) is 1.61. The fraction of sp³-hybridized carbons (Fsp3) is 0.160. The van der Waals surface area contributed by atoms with Gasteiger partial charge >= 0.3 is 0 Å². The van der Waals surface area contributed by atoms with Crippen molar-refractivity contribution in [2.75, 3.05) is 17.3 Å². The summed E-state index contributed by atoms with van der Waals surface area (Å²) >= 11 is 9.09. The van der Waals surface area contributed by atoms with Gasteiger partial charge in [0, 0.05) is 16.7 Å². The molecule has 2 amide bonds. The van der Waals surface area contributed by atoms with Crippen molar-refractivity contribution in [3.8, 4) is 5.75 Å². The molecule has 1 N–H and O–H groups in total. The zero-order valence-electron chi connectivity index (χ0n) is 17.9. The first-order chi connectivity index (χ1) is 16.0. The Labute approximate surface area is 206 Å². The van der Waals surface area contributed by atoms with E-state index in [1.165, 1.54) is 4.90 Å². The standard InChI is InChI=1S/C25H22BrN3O3S/c1-32-21-13-7-17(8-14-21)16-28-22(15-23(30)27-19-11-9-18(26)10-12-19)24(31)29(25(28)33)20-5-3-2-4-6-20/h2-14,22H,15-16H2,1H3,(H,27,30)/t22-/m1/s1. The Bertz CT molecular complexity index is 1150. The second-order valence-corrected chi connectivity index (χ2v) is 8.82. The quantitative estimate of drug-likeness (QED) is 0.442. The van der Waals surface area contributed by atoms with Crippen LogP contribution in [-0.2, 0) is 16.1 Å². The molecule has 0 bridgehead atoms. The molecule has 1 saturated heterocycles. The summed E-state index contributed by atoms with van der Waals surface area (Å²) in [6.45, 7) is 0.397. The van der Waals surface area contributed by atoms with Gasteiger partial charge < -0.3 is 15.0 Å². The molecule has 3 aromatic rings. The number of methoxy groups -OCH3 is 1. The van der Waals surface area contributed by atoms with Gasteiger partial charge in [-0.3, -0.25) is 14.5 Å². The predicted octanol–water partition coefficient (Wildman–Crippen LogP) is 4.99. The fourth-order valence-corrected chi connectivity index (χ4v) is 4.33. The first kappa shape index (κ1) is 22.9. The van der Waals surface area contributed by atoms with Crippen LogP contribution in [0.25, 0.3) is 0 Å². The molecule has 0 aromatic heterocycles. The van der Waals surface area contributed by atoms with Crippen molar-refractivity contribution in [3.63, 3.8) is 0 Å². The van der Waals surface area contributed by atoms with E-state index in [1.54, 1.807) is 19.2 Å². The fourth-order valence-electron chi connectivity index (χ4n) is 3.68. The third-order valence-electron chi connectivity index (χ3n) is 5.35. The van der Waals surface area contributed by atoms with Gasteiger partial charge in [-0.2, -0.15) is 0 Å². The lowest BCUT2D eigenvalue weighted by Gasteiger charge is -2.24. The number of thiocarbonyl (C=S) groups is 1. The van der Waals surface area contributed by atoms with E-state index >= 15 is 0 Å². The maximum absolute atomic E-state index is 13.4. The van der Waals surface area contributed by atoms with Crippen LogP contribution in [0.4, 0.5) is 11.4 Å². The molecule has 0 unspecified atom stereocenters. The number of carbonyl (C=O) groups is 2. The molecule has 1 aliphatic heterocycles. The Balaban J connectivity index is 1.58. The zero-order chi connectivity index (χ0) is 23.4. The monoisotopic (exact) mass is 523 g/mol. The number of ether oxygens (including phenoxy) is 1. The highest BCUT2D eigenvalue weighted by molar-refractivity contribution is 9.10. The number of hydrogen-bond acceptors (Lipinski definition) is 4. The average Bonchev–Trinajstić information content (AvgIpc) is 3.05. The predicted molar refractivity (Wildman–Crippen MR) is 136 cm³/mol. The van der Waals surface area contributed by atoms with Gasteiger partial charge in [0.25, 0.3) is 5.91 Å². The minimum Gasteiger partial charge on any atom is -0.497 e.